The molecule has 0 spiro atoms. The first kappa shape index (κ1) is 18.1. The molecule has 0 unspecified atom stereocenters. The summed E-state index contributed by atoms with van der Waals surface area (Å²) in [6.07, 6.45) is 0. The van der Waals surface area contributed by atoms with Gasteiger partial charge in [-0.1, -0.05) is 41.6 Å². The summed E-state index contributed by atoms with van der Waals surface area (Å²) in [6.45, 7) is 1.53. The zero-order chi connectivity index (χ0) is 18.1. The number of carbonyl (C=O) groups excluding carboxylic acids is 1. The lowest BCUT2D eigenvalue weighted by atomic mass is 10.2. The standard InChI is InChI=1S/C17H17N5O2S/c1-12(20-21-17(25)19-14-10-6-3-7-11-14)15(22-24)16(23)18-13-8-4-2-5-9-13/h2-11,24H,1H3,(H,18,23)(H2,19,21,25). The van der Waals surface area contributed by atoms with Crippen LogP contribution in [0.15, 0.2) is 70.9 Å². The highest BCUT2D eigenvalue weighted by Gasteiger charge is 2.16. The monoisotopic (exact) mass is 355 g/mol. The number of anilines is 2. The molecule has 0 aliphatic rings. The van der Waals surface area contributed by atoms with Crippen LogP contribution in [0.4, 0.5) is 11.4 Å². The summed E-state index contributed by atoms with van der Waals surface area (Å²) in [5, 5.41) is 21.9. The fraction of sp³-hybridized carbons (Fsp3) is 0.0588. The Kier molecular flexibility index (Phi) is 6.61. The zero-order valence-corrected chi connectivity index (χ0v) is 14.2. The van der Waals surface area contributed by atoms with E-state index in [-0.39, 0.29) is 16.5 Å². The number of rotatable bonds is 5. The van der Waals surface area contributed by atoms with Gasteiger partial charge in [0.2, 0.25) is 0 Å². The van der Waals surface area contributed by atoms with Gasteiger partial charge in [-0.15, -0.1) is 0 Å². The number of hydrazone groups is 1. The molecule has 25 heavy (non-hydrogen) atoms. The number of nitrogens with zero attached hydrogens (tertiary/aromatic N) is 2. The second-order valence-corrected chi connectivity index (χ2v) is 5.31. The first-order valence-corrected chi connectivity index (χ1v) is 7.76. The second-order valence-electron chi connectivity index (χ2n) is 4.90. The van der Waals surface area contributed by atoms with E-state index in [1.54, 1.807) is 24.3 Å². The molecule has 0 aliphatic heterocycles. The number of hydrogen-bond acceptors (Lipinski definition) is 5. The second kappa shape index (κ2) is 9.14. The number of nitrogens with one attached hydrogen (secondary N) is 3. The Bertz CT molecular complexity index is 791. The third kappa shape index (κ3) is 5.70. The lowest BCUT2D eigenvalue weighted by Gasteiger charge is -2.09. The average molecular weight is 355 g/mol. The predicted molar refractivity (Wildman–Crippen MR) is 103 cm³/mol. The SMILES string of the molecule is CC(=NNC(=S)Nc1ccccc1)C(=NO)C(=O)Nc1ccccc1. The molecule has 2 aromatic rings. The van der Waals surface area contributed by atoms with Crippen molar-refractivity contribution in [2.24, 2.45) is 10.3 Å². The molecular formula is C17H17N5O2S. The molecule has 7 nitrogen and oxygen atoms in total. The van der Waals surface area contributed by atoms with E-state index >= 15 is 0 Å². The molecule has 1 amide bonds. The average Bonchev–Trinajstić information content (AvgIpc) is 2.62. The molecule has 2 rings (SSSR count). The van der Waals surface area contributed by atoms with Gasteiger partial charge in [0, 0.05) is 11.4 Å². The highest BCUT2D eigenvalue weighted by molar-refractivity contribution is 7.80. The topological polar surface area (TPSA) is 98.1 Å². The fourth-order valence-electron chi connectivity index (χ4n) is 1.86. The molecule has 128 valence electrons. The van der Waals surface area contributed by atoms with Crippen molar-refractivity contribution in [3.63, 3.8) is 0 Å². The Morgan fingerprint density at radius 3 is 2.00 bits per heavy atom. The Balaban J connectivity index is 1.96. The van der Waals surface area contributed by atoms with Crippen LogP contribution in [-0.4, -0.2) is 27.7 Å². The summed E-state index contributed by atoms with van der Waals surface area (Å²) in [6, 6.07) is 18.1. The summed E-state index contributed by atoms with van der Waals surface area (Å²) in [7, 11) is 0. The smallest absolute Gasteiger partial charge is 0.279 e. The number of benzene rings is 2. The first-order chi connectivity index (χ1) is 12.1. The molecule has 0 atom stereocenters. The zero-order valence-electron chi connectivity index (χ0n) is 13.4. The van der Waals surface area contributed by atoms with Crippen LogP contribution in [0, 0.1) is 0 Å². The summed E-state index contributed by atoms with van der Waals surface area (Å²) in [5.41, 5.74) is 3.93. The van der Waals surface area contributed by atoms with Gasteiger partial charge in [-0.2, -0.15) is 5.10 Å². The number of oxime groups is 1. The van der Waals surface area contributed by atoms with Gasteiger partial charge in [-0.05, 0) is 43.4 Å². The Hall–Kier alpha value is -3.26. The van der Waals surface area contributed by atoms with Crippen LogP contribution in [0.1, 0.15) is 6.92 Å². The lowest BCUT2D eigenvalue weighted by Crippen LogP contribution is -2.32. The molecule has 0 saturated heterocycles. The maximum atomic E-state index is 12.2. The molecule has 0 fully saturated rings. The van der Waals surface area contributed by atoms with Gasteiger partial charge >= 0.3 is 0 Å². The Morgan fingerprint density at radius 1 is 0.960 bits per heavy atom. The van der Waals surface area contributed by atoms with E-state index in [1.165, 1.54) is 6.92 Å². The summed E-state index contributed by atoms with van der Waals surface area (Å²) >= 11 is 5.12. The quantitative estimate of drug-likeness (QED) is 0.286. The molecule has 0 saturated carbocycles. The van der Waals surface area contributed by atoms with Crippen LogP contribution in [0.3, 0.4) is 0 Å². The van der Waals surface area contributed by atoms with Gasteiger partial charge in [0.05, 0.1) is 5.71 Å². The molecule has 0 aliphatic carbocycles. The maximum Gasteiger partial charge on any atom is 0.279 e. The van der Waals surface area contributed by atoms with Crippen molar-refractivity contribution < 1.29 is 10.0 Å². The van der Waals surface area contributed by atoms with Crippen LogP contribution >= 0.6 is 12.2 Å². The van der Waals surface area contributed by atoms with Crippen molar-refractivity contribution >= 4 is 46.0 Å². The van der Waals surface area contributed by atoms with Crippen LogP contribution in [-0.2, 0) is 4.79 Å². The summed E-state index contributed by atoms with van der Waals surface area (Å²) in [5.74, 6) is -0.585. The Morgan fingerprint density at radius 2 is 1.48 bits per heavy atom. The lowest BCUT2D eigenvalue weighted by molar-refractivity contribution is -0.110. The summed E-state index contributed by atoms with van der Waals surface area (Å²) < 4.78 is 0. The van der Waals surface area contributed by atoms with Gasteiger partial charge in [-0.3, -0.25) is 10.2 Å². The minimum atomic E-state index is -0.585. The summed E-state index contributed by atoms with van der Waals surface area (Å²) in [4.78, 5) is 12.2. The van der Waals surface area contributed by atoms with Gasteiger partial charge in [0.25, 0.3) is 5.91 Å². The molecule has 8 heteroatoms. The van der Waals surface area contributed by atoms with Crippen LogP contribution in [0.25, 0.3) is 0 Å². The number of para-hydroxylation sites is 2. The van der Waals surface area contributed by atoms with E-state index in [4.69, 9.17) is 17.4 Å². The highest BCUT2D eigenvalue weighted by atomic mass is 32.1. The van der Waals surface area contributed by atoms with Crippen LogP contribution < -0.4 is 16.1 Å². The first-order valence-electron chi connectivity index (χ1n) is 7.35. The van der Waals surface area contributed by atoms with Crippen molar-refractivity contribution in [3.8, 4) is 0 Å². The maximum absolute atomic E-state index is 12.2. The van der Waals surface area contributed by atoms with Crippen molar-refractivity contribution in [2.45, 2.75) is 6.92 Å². The minimum Gasteiger partial charge on any atom is -0.410 e. The van der Waals surface area contributed by atoms with Crippen LogP contribution in [0.5, 0.6) is 0 Å². The molecule has 0 aromatic heterocycles. The molecule has 2 aromatic carbocycles. The van der Waals surface area contributed by atoms with Crippen molar-refractivity contribution in [1.82, 2.24) is 5.43 Å². The van der Waals surface area contributed by atoms with E-state index in [0.717, 1.165) is 5.69 Å². The van der Waals surface area contributed by atoms with Crippen LogP contribution in [0.2, 0.25) is 0 Å². The predicted octanol–water partition coefficient (Wildman–Crippen LogP) is 2.82. The normalized spacial score (nSPS) is 11.6. The number of thiocarbonyl (C=S) groups is 1. The van der Waals surface area contributed by atoms with E-state index in [9.17, 15) is 4.79 Å². The van der Waals surface area contributed by atoms with Gasteiger partial charge in [0.1, 0.15) is 0 Å². The van der Waals surface area contributed by atoms with E-state index in [1.807, 2.05) is 36.4 Å². The molecule has 0 radical (unpaired) electrons. The third-order valence-corrected chi connectivity index (χ3v) is 3.24. The molecule has 0 bridgehead atoms. The Labute approximate surface area is 150 Å². The minimum absolute atomic E-state index is 0.174. The molecular weight excluding hydrogens is 338 g/mol. The number of carbonyl (C=O) groups is 1. The van der Waals surface area contributed by atoms with Gasteiger partial charge in [0.15, 0.2) is 10.8 Å². The van der Waals surface area contributed by atoms with Gasteiger partial charge < -0.3 is 15.8 Å². The fourth-order valence-corrected chi connectivity index (χ4v) is 2.03. The molecule has 0 heterocycles. The molecule has 4 N–H and O–H groups in total. The van der Waals surface area contributed by atoms with Crippen molar-refractivity contribution in [2.75, 3.05) is 10.6 Å². The van der Waals surface area contributed by atoms with E-state index in [0.29, 0.717) is 5.69 Å². The van der Waals surface area contributed by atoms with Crippen molar-refractivity contribution in [1.29, 1.82) is 0 Å². The van der Waals surface area contributed by atoms with E-state index in [2.05, 4.69) is 26.3 Å². The third-order valence-electron chi connectivity index (χ3n) is 3.05. The largest absolute Gasteiger partial charge is 0.410 e. The van der Waals surface area contributed by atoms with Gasteiger partial charge in [-0.25, -0.2) is 0 Å². The number of amides is 1. The van der Waals surface area contributed by atoms with Crippen molar-refractivity contribution in [3.05, 3.63) is 60.7 Å². The number of hydrogen-bond donors (Lipinski definition) is 4. The highest BCUT2D eigenvalue weighted by Crippen LogP contribution is 2.06. The van der Waals surface area contributed by atoms with E-state index < -0.39 is 5.91 Å².